The van der Waals surface area contributed by atoms with Gasteiger partial charge >= 0.3 is 12.0 Å². The summed E-state index contributed by atoms with van der Waals surface area (Å²) < 4.78 is 30.8. The lowest BCUT2D eigenvalue weighted by molar-refractivity contribution is -0.140. The lowest BCUT2D eigenvalue weighted by Gasteiger charge is -2.27. The first-order valence-electron chi connectivity index (χ1n) is 14.3. The molecule has 9 heteroatoms. The van der Waals surface area contributed by atoms with E-state index in [0.29, 0.717) is 17.9 Å². The molecule has 42 heavy (non-hydrogen) atoms. The van der Waals surface area contributed by atoms with Crippen molar-refractivity contribution in [2.45, 2.75) is 65.4 Å². The zero-order valence-electron chi connectivity index (χ0n) is 24.9. The van der Waals surface area contributed by atoms with E-state index in [2.05, 4.69) is 10.6 Å². The topological polar surface area (TPSA) is 122 Å². The minimum absolute atomic E-state index is 0.0157. The highest BCUT2D eigenvalue weighted by Crippen LogP contribution is 2.25. The van der Waals surface area contributed by atoms with Gasteiger partial charge in [0.25, 0.3) is 0 Å². The molecule has 0 bridgehead atoms. The molecule has 3 aromatic rings. The minimum Gasteiger partial charge on any atom is -0.488 e. The van der Waals surface area contributed by atoms with Gasteiger partial charge in [-0.05, 0) is 93.5 Å². The highest BCUT2D eigenvalue weighted by molar-refractivity contribution is 7.91. The second kappa shape index (κ2) is 14.9. The third-order valence-corrected chi connectivity index (χ3v) is 8.85. The van der Waals surface area contributed by atoms with Crippen molar-refractivity contribution in [3.63, 3.8) is 0 Å². The molecule has 0 spiro atoms. The van der Waals surface area contributed by atoms with Gasteiger partial charge in [0.15, 0.2) is 9.84 Å². The zero-order valence-corrected chi connectivity index (χ0v) is 25.7. The number of benzene rings is 3. The van der Waals surface area contributed by atoms with Gasteiger partial charge in [0, 0.05) is 11.4 Å². The molecule has 0 aliphatic rings. The van der Waals surface area contributed by atoms with Crippen molar-refractivity contribution in [3.05, 3.63) is 89.5 Å². The van der Waals surface area contributed by atoms with Crippen molar-refractivity contribution in [2.75, 3.05) is 22.1 Å². The molecule has 0 radical (unpaired) electrons. The lowest BCUT2D eigenvalue weighted by Crippen LogP contribution is -2.29. The third kappa shape index (κ3) is 10.9. The molecular formula is C33H42N2O6S. The summed E-state index contributed by atoms with van der Waals surface area (Å²) in [5.74, 6) is -1.78. The predicted molar refractivity (Wildman–Crippen MR) is 168 cm³/mol. The molecule has 1 unspecified atom stereocenters. The van der Waals surface area contributed by atoms with Gasteiger partial charge in [-0.15, -0.1) is 0 Å². The fourth-order valence-corrected chi connectivity index (χ4v) is 6.29. The third-order valence-electron chi connectivity index (χ3n) is 7.03. The molecule has 0 aliphatic heterocycles. The van der Waals surface area contributed by atoms with Gasteiger partial charge in [-0.25, -0.2) is 13.2 Å². The lowest BCUT2D eigenvalue weighted by atomic mass is 9.98. The maximum atomic E-state index is 12.4. The number of carboxylic acids is 1. The Bertz CT molecular complexity index is 1430. The minimum atomic E-state index is -3.42. The zero-order chi connectivity index (χ0) is 30.8. The number of unbranched alkanes of at least 4 members (excludes halogenated alkanes) is 1. The van der Waals surface area contributed by atoms with E-state index in [1.54, 1.807) is 24.3 Å². The average Bonchev–Trinajstić information content (AvgIpc) is 2.93. The van der Waals surface area contributed by atoms with Crippen LogP contribution in [0.15, 0.2) is 72.8 Å². The standard InChI is InChI=1S/C33H42N2O6S/c1-5-6-21-42(39,40)23-27(31(36)37)22-26-13-17-29(18-14-26)41-33(3,4)20-19-25-11-15-28(16-12-25)34-32(38)35-30-10-8-7-9-24(30)2/h7-18,27H,5-6,19-23H2,1-4H3,(H,36,37)(H2,34,35,38). The molecule has 3 rings (SSSR count). The van der Waals surface area contributed by atoms with Crippen molar-refractivity contribution < 1.29 is 27.9 Å². The maximum Gasteiger partial charge on any atom is 0.323 e. The maximum absolute atomic E-state index is 12.4. The van der Waals surface area contributed by atoms with E-state index in [9.17, 15) is 23.1 Å². The number of aliphatic carboxylic acids is 1. The number of sulfone groups is 1. The van der Waals surface area contributed by atoms with Crippen LogP contribution in [0.25, 0.3) is 0 Å². The largest absolute Gasteiger partial charge is 0.488 e. The molecule has 0 aromatic heterocycles. The van der Waals surface area contributed by atoms with Crippen molar-refractivity contribution in [1.82, 2.24) is 0 Å². The molecule has 3 aromatic carbocycles. The van der Waals surface area contributed by atoms with Crippen LogP contribution in [0.2, 0.25) is 0 Å². The molecule has 8 nitrogen and oxygen atoms in total. The Morgan fingerprint density at radius 2 is 1.57 bits per heavy atom. The first-order valence-corrected chi connectivity index (χ1v) is 16.1. The number of hydrogen-bond donors (Lipinski definition) is 3. The number of nitrogens with one attached hydrogen (secondary N) is 2. The Balaban J connectivity index is 1.49. The molecule has 2 amide bonds. The second-order valence-electron chi connectivity index (χ2n) is 11.3. The van der Waals surface area contributed by atoms with E-state index in [4.69, 9.17) is 4.74 Å². The van der Waals surface area contributed by atoms with Crippen LogP contribution in [-0.2, 0) is 27.5 Å². The fourth-order valence-electron chi connectivity index (χ4n) is 4.52. The van der Waals surface area contributed by atoms with Gasteiger partial charge in [-0.1, -0.05) is 55.8 Å². The number of ether oxygens (including phenoxy) is 1. The summed E-state index contributed by atoms with van der Waals surface area (Å²) in [6, 6.07) is 22.2. The van der Waals surface area contributed by atoms with E-state index >= 15 is 0 Å². The van der Waals surface area contributed by atoms with Gasteiger partial charge in [0.05, 0.1) is 17.4 Å². The Labute approximate surface area is 249 Å². The van der Waals surface area contributed by atoms with Crippen LogP contribution in [0, 0.1) is 12.8 Å². The van der Waals surface area contributed by atoms with Crippen molar-refractivity contribution >= 4 is 33.2 Å². The summed E-state index contributed by atoms with van der Waals surface area (Å²) in [4.78, 5) is 24.1. The summed E-state index contributed by atoms with van der Waals surface area (Å²) in [5, 5.41) is 15.3. The number of carbonyl (C=O) groups is 2. The first-order chi connectivity index (χ1) is 19.9. The van der Waals surface area contributed by atoms with Crippen LogP contribution in [0.4, 0.5) is 16.2 Å². The Kier molecular flexibility index (Phi) is 11.6. The van der Waals surface area contributed by atoms with Crippen LogP contribution >= 0.6 is 0 Å². The molecule has 1 atom stereocenters. The Morgan fingerprint density at radius 3 is 2.19 bits per heavy atom. The number of carbonyl (C=O) groups excluding carboxylic acids is 1. The number of carboxylic acid groups (broad SMARTS) is 1. The van der Waals surface area contributed by atoms with Gasteiger partial charge in [-0.3, -0.25) is 4.79 Å². The highest BCUT2D eigenvalue weighted by Gasteiger charge is 2.26. The predicted octanol–water partition coefficient (Wildman–Crippen LogP) is 6.89. The molecule has 226 valence electrons. The van der Waals surface area contributed by atoms with Crippen LogP contribution in [0.3, 0.4) is 0 Å². The number of anilines is 2. The van der Waals surface area contributed by atoms with Gasteiger partial charge < -0.3 is 20.5 Å². The highest BCUT2D eigenvalue weighted by atomic mass is 32.2. The quantitative estimate of drug-likeness (QED) is 0.176. The Morgan fingerprint density at radius 1 is 0.929 bits per heavy atom. The van der Waals surface area contributed by atoms with Crippen LogP contribution in [-0.4, -0.2) is 42.6 Å². The summed E-state index contributed by atoms with van der Waals surface area (Å²) in [6.07, 6.45) is 2.93. The summed E-state index contributed by atoms with van der Waals surface area (Å²) >= 11 is 0. The van der Waals surface area contributed by atoms with Crippen LogP contribution in [0.5, 0.6) is 5.75 Å². The molecule has 0 heterocycles. The number of rotatable bonds is 15. The normalized spacial score (nSPS) is 12.4. The Hall–Kier alpha value is -3.85. The molecule has 3 N–H and O–H groups in total. The molecule has 0 saturated heterocycles. The smallest absolute Gasteiger partial charge is 0.323 e. The van der Waals surface area contributed by atoms with Crippen LogP contribution in [0.1, 0.15) is 56.7 Å². The van der Waals surface area contributed by atoms with E-state index in [1.807, 2.05) is 76.2 Å². The summed E-state index contributed by atoms with van der Waals surface area (Å²) in [5.41, 5.74) is 3.84. The number of hydrogen-bond acceptors (Lipinski definition) is 5. The number of urea groups is 1. The van der Waals surface area contributed by atoms with E-state index < -0.39 is 27.3 Å². The van der Waals surface area contributed by atoms with Crippen molar-refractivity contribution in [2.24, 2.45) is 5.92 Å². The first kappa shape index (κ1) is 32.7. The number of amides is 2. The monoisotopic (exact) mass is 594 g/mol. The van der Waals surface area contributed by atoms with Crippen LogP contribution < -0.4 is 15.4 Å². The summed E-state index contributed by atoms with van der Waals surface area (Å²) in [7, 11) is -3.42. The van der Waals surface area contributed by atoms with E-state index in [-0.39, 0.29) is 24.0 Å². The number of para-hydroxylation sites is 1. The van der Waals surface area contributed by atoms with E-state index in [1.165, 1.54) is 0 Å². The average molecular weight is 595 g/mol. The second-order valence-corrected chi connectivity index (χ2v) is 13.5. The molecule has 0 saturated carbocycles. The van der Waals surface area contributed by atoms with Gasteiger partial charge in [0.1, 0.15) is 11.4 Å². The number of aryl methyl sites for hydroxylation is 2. The van der Waals surface area contributed by atoms with Gasteiger partial charge in [0.2, 0.25) is 0 Å². The van der Waals surface area contributed by atoms with Crippen molar-refractivity contribution in [3.8, 4) is 5.75 Å². The van der Waals surface area contributed by atoms with E-state index in [0.717, 1.165) is 41.6 Å². The SMILES string of the molecule is CCCCS(=O)(=O)CC(Cc1ccc(OC(C)(C)CCc2ccc(NC(=O)Nc3ccccc3C)cc2)cc1)C(=O)O. The van der Waals surface area contributed by atoms with Crippen molar-refractivity contribution in [1.29, 1.82) is 0 Å². The fraction of sp³-hybridized carbons (Fsp3) is 0.394. The molecular weight excluding hydrogens is 552 g/mol. The molecule has 0 fully saturated rings. The van der Waals surface area contributed by atoms with Gasteiger partial charge in [-0.2, -0.15) is 0 Å². The molecule has 0 aliphatic carbocycles. The summed E-state index contributed by atoms with van der Waals surface area (Å²) in [6.45, 7) is 7.86.